The molecule has 96 valence electrons. The second-order valence-electron chi connectivity index (χ2n) is 4.57. The minimum Gasteiger partial charge on any atom is -0.494 e. The highest BCUT2D eigenvalue weighted by molar-refractivity contribution is 5.27. The fraction of sp³-hybridized carbons (Fsp3) is 0.600. The van der Waals surface area contributed by atoms with Crippen molar-refractivity contribution < 1.29 is 4.74 Å². The zero-order valence-corrected chi connectivity index (χ0v) is 11.1. The Balaban J connectivity index is 2.34. The van der Waals surface area contributed by atoms with Gasteiger partial charge in [0, 0.05) is 6.04 Å². The van der Waals surface area contributed by atoms with Crippen LogP contribution in [0.5, 0.6) is 5.75 Å². The van der Waals surface area contributed by atoms with Gasteiger partial charge in [0.25, 0.3) is 0 Å². The number of rotatable bonds is 8. The number of hydrogen-bond acceptors (Lipinski definition) is 2. The van der Waals surface area contributed by atoms with E-state index in [9.17, 15) is 0 Å². The molecule has 0 bridgehead atoms. The van der Waals surface area contributed by atoms with Crippen molar-refractivity contribution in [1.82, 2.24) is 0 Å². The van der Waals surface area contributed by atoms with Gasteiger partial charge in [0.05, 0.1) is 6.61 Å². The van der Waals surface area contributed by atoms with Crippen LogP contribution in [0.25, 0.3) is 0 Å². The third-order valence-corrected chi connectivity index (χ3v) is 2.96. The van der Waals surface area contributed by atoms with Gasteiger partial charge in [-0.25, -0.2) is 0 Å². The van der Waals surface area contributed by atoms with Crippen LogP contribution in [0.1, 0.15) is 45.1 Å². The standard InChI is InChI=1S/C15H25NO/c1-3-5-6-11-17-15-9-7-13(8-10-15)12-14(16)4-2/h7-10,14H,3-6,11-12,16H2,1-2H3. The average Bonchev–Trinajstić information content (AvgIpc) is 2.36. The van der Waals surface area contributed by atoms with E-state index in [4.69, 9.17) is 10.5 Å². The summed E-state index contributed by atoms with van der Waals surface area (Å²) >= 11 is 0. The molecular weight excluding hydrogens is 210 g/mol. The van der Waals surface area contributed by atoms with Gasteiger partial charge in [-0.3, -0.25) is 0 Å². The molecule has 2 nitrogen and oxygen atoms in total. The molecular formula is C15H25NO. The van der Waals surface area contributed by atoms with Crippen LogP contribution in [-0.2, 0) is 6.42 Å². The van der Waals surface area contributed by atoms with Gasteiger partial charge in [-0.05, 0) is 37.0 Å². The van der Waals surface area contributed by atoms with Crippen molar-refractivity contribution in [3.8, 4) is 5.75 Å². The van der Waals surface area contributed by atoms with Gasteiger partial charge in [-0.2, -0.15) is 0 Å². The van der Waals surface area contributed by atoms with Gasteiger partial charge < -0.3 is 10.5 Å². The van der Waals surface area contributed by atoms with E-state index in [0.717, 1.165) is 31.6 Å². The van der Waals surface area contributed by atoms with Crippen molar-refractivity contribution in [2.24, 2.45) is 5.73 Å². The van der Waals surface area contributed by atoms with Gasteiger partial charge in [0.1, 0.15) is 5.75 Å². The highest BCUT2D eigenvalue weighted by Crippen LogP contribution is 2.14. The molecule has 1 aromatic carbocycles. The summed E-state index contributed by atoms with van der Waals surface area (Å²) in [4.78, 5) is 0. The zero-order chi connectivity index (χ0) is 12.5. The van der Waals surface area contributed by atoms with Gasteiger partial charge >= 0.3 is 0 Å². The summed E-state index contributed by atoms with van der Waals surface area (Å²) in [5.41, 5.74) is 7.22. The van der Waals surface area contributed by atoms with Crippen LogP contribution in [0, 0.1) is 0 Å². The highest BCUT2D eigenvalue weighted by Gasteiger charge is 2.01. The van der Waals surface area contributed by atoms with Gasteiger partial charge in [0.2, 0.25) is 0 Å². The summed E-state index contributed by atoms with van der Waals surface area (Å²) in [6, 6.07) is 8.59. The van der Waals surface area contributed by atoms with E-state index in [2.05, 4.69) is 26.0 Å². The molecule has 0 saturated heterocycles. The van der Waals surface area contributed by atoms with Crippen molar-refractivity contribution >= 4 is 0 Å². The summed E-state index contributed by atoms with van der Waals surface area (Å²) in [5, 5.41) is 0. The smallest absolute Gasteiger partial charge is 0.119 e. The third-order valence-electron chi connectivity index (χ3n) is 2.96. The summed E-state index contributed by atoms with van der Waals surface area (Å²) in [5.74, 6) is 0.968. The summed E-state index contributed by atoms with van der Waals surface area (Å²) in [6.07, 6.45) is 5.58. The first kappa shape index (κ1) is 14.0. The van der Waals surface area contributed by atoms with Crippen LogP contribution in [0.4, 0.5) is 0 Å². The first-order chi connectivity index (χ1) is 8.26. The second-order valence-corrected chi connectivity index (χ2v) is 4.57. The second kappa shape index (κ2) is 8.13. The summed E-state index contributed by atoms with van der Waals surface area (Å²) in [7, 11) is 0. The molecule has 0 spiro atoms. The van der Waals surface area contributed by atoms with Crippen molar-refractivity contribution in [2.45, 2.75) is 52.0 Å². The minimum atomic E-state index is 0.270. The first-order valence-corrected chi connectivity index (χ1v) is 6.73. The number of unbranched alkanes of at least 4 members (excludes halogenated alkanes) is 2. The lowest BCUT2D eigenvalue weighted by Gasteiger charge is -2.10. The molecule has 0 amide bonds. The van der Waals surface area contributed by atoms with Crippen LogP contribution in [0.15, 0.2) is 24.3 Å². The molecule has 1 rings (SSSR count). The fourth-order valence-corrected chi connectivity index (χ4v) is 1.71. The molecule has 0 aliphatic heterocycles. The maximum Gasteiger partial charge on any atom is 0.119 e. The largest absolute Gasteiger partial charge is 0.494 e. The number of nitrogens with two attached hydrogens (primary N) is 1. The predicted octanol–water partition coefficient (Wildman–Crippen LogP) is 3.54. The molecule has 0 fully saturated rings. The molecule has 2 heteroatoms. The van der Waals surface area contributed by atoms with Crippen LogP contribution < -0.4 is 10.5 Å². The van der Waals surface area contributed by atoms with E-state index in [1.54, 1.807) is 0 Å². The molecule has 0 radical (unpaired) electrons. The van der Waals surface area contributed by atoms with Crippen LogP contribution >= 0.6 is 0 Å². The van der Waals surface area contributed by atoms with Gasteiger partial charge in [-0.15, -0.1) is 0 Å². The van der Waals surface area contributed by atoms with Crippen molar-refractivity contribution in [1.29, 1.82) is 0 Å². The lowest BCUT2D eigenvalue weighted by Crippen LogP contribution is -2.21. The van der Waals surface area contributed by atoms with E-state index in [-0.39, 0.29) is 6.04 Å². The topological polar surface area (TPSA) is 35.2 Å². The maximum atomic E-state index is 5.93. The Hall–Kier alpha value is -1.02. The average molecular weight is 235 g/mol. The lowest BCUT2D eigenvalue weighted by atomic mass is 10.0. The molecule has 1 aromatic rings. The van der Waals surface area contributed by atoms with E-state index in [1.807, 2.05) is 12.1 Å². The van der Waals surface area contributed by atoms with Gasteiger partial charge in [0.15, 0.2) is 0 Å². The Bertz CT molecular complexity index is 294. The SMILES string of the molecule is CCCCCOc1ccc(CC(N)CC)cc1. The number of benzene rings is 1. The van der Waals surface area contributed by atoms with Crippen LogP contribution in [0.2, 0.25) is 0 Å². The normalized spacial score (nSPS) is 12.4. The molecule has 2 N–H and O–H groups in total. The molecule has 0 saturated carbocycles. The fourth-order valence-electron chi connectivity index (χ4n) is 1.71. The van der Waals surface area contributed by atoms with Crippen molar-refractivity contribution in [3.05, 3.63) is 29.8 Å². The molecule has 0 aromatic heterocycles. The first-order valence-electron chi connectivity index (χ1n) is 6.73. The number of ether oxygens (including phenoxy) is 1. The number of hydrogen-bond donors (Lipinski definition) is 1. The Labute approximate surface area is 105 Å². The van der Waals surface area contributed by atoms with Crippen molar-refractivity contribution in [3.63, 3.8) is 0 Å². The van der Waals surface area contributed by atoms with Crippen LogP contribution in [0.3, 0.4) is 0 Å². The van der Waals surface area contributed by atoms with E-state index < -0.39 is 0 Å². The molecule has 17 heavy (non-hydrogen) atoms. The summed E-state index contributed by atoms with van der Waals surface area (Å²) < 4.78 is 5.66. The minimum absolute atomic E-state index is 0.270. The predicted molar refractivity (Wildman–Crippen MR) is 73.4 cm³/mol. The zero-order valence-electron chi connectivity index (χ0n) is 11.1. The molecule has 0 heterocycles. The lowest BCUT2D eigenvalue weighted by molar-refractivity contribution is 0.306. The van der Waals surface area contributed by atoms with E-state index >= 15 is 0 Å². The van der Waals surface area contributed by atoms with E-state index in [1.165, 1.54) is 18.4 Å². The molecule has 1 unspecified atom stereocenters. The maximum absolute atomic E-state index is 5.93. The Kier molecular flexibility index (Phi) is 6.71. The molecule has 0 aliphatic carbocycles. The highest BCUT2D eigenvalue weighted by atomic mass is 16.5. The van der Waals surface area contributed by atoms with Crippen molar-refractivity contribution in [2.75, 3.05) is 6.61 Å². The Morgan fingerprint density at radius 1 is 1.12 bits per heavy atom. The van der Waals surface area contributed by atoms with Crippen LogP contribution in [-0.4, -0.2) is 12.6 Å². The molecule has 0 aliphatic rings. The van der Waals surface area contributed by atoms with E-state index in [0.29, 0.717) is 0 Å². The quantitative estimate of drug-likeness (QED) is 0.699. The van der Waals surface area contributed by atoms with Gasteiger partial charge in [-0.1, -0.05) is 38.8 Å². The Morgan fingerprint density at radius 2 is 1.82 bits per heavy atom. The Morgan fingerprint density at radius 3 is 2.41 bits per heavy atom. The summed E-state index contributed by atoms with van der Waals surface area (Å²) in [6.45, 7) is 5.14. The molecule has 1 atom stereocenters. The monoisotopic (exact) mass is 235 g/mol. The third kappa shape index (κ3) is 5.73.